The fraction of sp³-hybridized carbons (Fsp3) is 0.882. The van der Waals surface area contributed by atoms with Crippen LogP contribution >= 0.6 is 0 Å². The van der Waals surface area contributed by atoms with Crippen LogP contribution in [0.3, 0.4) is 0 Å². The lowest BCUT2D eigenvalue weighted by molar-refractivity contribution is 0.344. The highest BCUT2D eigenvalue weighted by molar-refractivity contribution is 6.12. The van der Waals surface area contributed by atoms with E-state index >= 15 is 0 Å². The zero-order chi connectivity index (χ0) is 14.6. The van der Waals surface area contributed by atoms with Gasteiger partial charge in [0.15, 0.2) is 0 Å². The lowest BCUT2D eigenvalue weighted by Gasteiger charge is -2.16. The van der Waals surface area contributed by atoms with E-state index in [0.717, 1.165) is 36.5 Å². The van der Waals surface area contributed by atoms with Gasteiger partial charge in [-0.25, -0.2) is 0 Å². The van der Waals surface area contributed by atoms with E-state index < -0.39 is 0 Å². The molecular formula is C17H32BN. The van der Waals surface area contributed by atoms with Crippen LogP contribution in [0, 0.1) is 23.7 Å². The molecule has 6 atom stereocenters. The van der Waals surface area contributed by atoms with E-state index in [0.29, 0.717) is 11.9 Å². The minimum absolute atomic E-state index is 0.405. The van der Waals surface area contributed by atoms with Gasteiger partial charge in [0.2, 0.25) is 0 Å². The zero-order valence-corrected chi connectivity index (χ0v) is 13.4. The normalized spacial score (nSPS) is 42.1. The quantitative estimate of drug-likeness (QED) is 0.581. The van der Waals surface area contributed by atoms with E-state index in [9.17, 15) is 0 Å². The number of allylic oxidation sites excluding steroid dienone is 1. The van der Waals surface area contributed by atoms with E-state index in [1.807, 2.05) is 0 Å². The van der Waals surface area contributed by atoms with Crippen LogP contribution in [0.1, 0.15) is 59.8 Å². The van der Waals surface area contributed by atoms with Crippen molar-refractivity contribution in [2.24, 2.45) is 29.4 Å². The second-order valence-electron chi connectivity index (χ2n) is 6.75. The Morgan fingerprint density at radius 3 is 2.00 bits per heavy atom. The highest BCUT2D eigenvalue weighted by Gasteiger charge is 2.34. The minimum Gasteiger partial charge on any atom is -0.327 e. The summed E-state index contributed by atoms with van der Waals surface area (Å²) in [5.41, 5.74) is 7.30. The van der Waals surface area contributed by atoms with Gasteiger partial charge in [-0.3, -0.25) is 0 Å². The average Bonchev–Trinajstić information content (AvgIpc) is 2.83. The molecule has 2 aliphatic carbocycles. The van der Waals surface area contributed by atoms with Gasteiger partial charge in [-0.1, -0.05) is 58.5 Å². The summed E-state index contributed by atoms with van der Waals surface area (Å²) < 4.78 is 0. The van der Waals surface area contributed by atoms with Crippen LogP contribution in [-0.2, 0) is 0 Å². The number of rotatable bonds is 2. The van der Waals surface area contributed by atoms with Crippen molar-refractivity contribution < 1.29 is 0 Å². The second-order valence-corrected chi connectivity index (χ2v) is 6.75. The molecule has 1 nitrogen and oxygen atoms in total. The molecule has 2 fully saturated rings. The van der Waals surface area contributed by atoms with Crippen LogP contribution in [0.2, 0.25) is 5.82 Å². The first-order valence-corrected chi connectivity index (χ1v) is 8.09. The summed E-state index contributed by atoms with van der Waals surface area (Å²) in [5, 5.41) is 0. The van der Waals surface area contributed by atoms with Crippen molar-refractivity contribution in [1.82, 2.24) is 0 Å². The first-order chi connectivity index (χ1) is 8.90. The molecule has 2 N–H and O–H groups in total. The van der Waals surface area contributed by atoms with Gasteiger partial charge in [0, 0.05) is 6.04 Å². The van der Waals surface area contributed by atoms with Crippen LogP contribution in [0.25, 0.3) is 0 Å². The van der Waals surface area contributed by atoms with Crippen LogP contribution in [0.4, 0.5) is 0 Å². The van der Waals surface area contributed by atoms with E-state index in [1.165, 1.54) is 24.8 Å². The molecule has 2 heteroatoms. The molecule has 108 valence electrons. The predicted octanol–water partition coefficient (Wildman–Crippen LogP) is 4.34. The van der Waals surface area contributed by atoms with Crippen molar-refractivity contribution >= 4 is 7.85 Å². The molecule has 2 unspecified atom stereocenters. The standard InChI is InChI=1S/C9H19N.C8H13B/c1-4-8-5-9(10)7(3)6(8)2;1-3-7-5-8(9)4-6(7)2/h6-9H,4-5,10H2,1-3H3;7-8H,2-5H2,1H3/t6?,7?,8-,9+;7-,8-/m00/s1. The summed E-state index contributed by atoms with van der Waals surface area (Å²) in [6.07, 6.45) is 5.98. The van der Waals surface area contributed by atoms with Crippen molar-refractivity contribution in [3.63, 3.8) is 0 Å². The van der Waals surface area contributed by atoms with Gasteiger partial charge in [-0.2, -0.15) is 0 Å². The number of nitrogens with two attached hydrogens (primary N) is 1. The first-order valence-electron chi connectivity index (χ1n) is 8.09. The largest absolute Gasteiger partial charge is 0.327 e. The summed E-state index contributed by atoms with van der Waals surface area (Å²) >= 11 is 0. The third kappa shape index (κ3) is 4.38. The van der Waals surface area contributed by atoms with Gasteiger partial charge in [0.05, 0.1) is 7.85 Å². The molecular weight excluding hydrogens is 229 g/mol. The molecule has 2 radical (unpaired) electrons. The molecule has 0 aromatic rings. The maximum atomic E-state index is 5.93. The summed E-state index contributed by atoms with van der Waals surface area (Å²) in [6, 6.07) is 0.472. The Balaban J connectivity index is 0.000000191. The van der Waals surface area contributed by atoms with Gasteiger partial charge < -0.3 is 5.73 Å². The molecule has 2 saturated carbocycles. The van der Waals surface area contributed by atoms with Gasteiger partial charge >= 0.3 is 0 Å². The molecule has 0 amide bonds. The third-order valence-electron chi connectivity index (χ3n) is 5.53. The van der Waals surface area contributed by atoms with Crippen molar-refractivity contribution in [3.05, 3.63) is 12.2 Å². The van der Waals surface area contributed by atoms with E-state index in [2.05, 4.69) is 34.3 Å². The minimum atomic E-state index is 0.405. The zero-order valence-electron chi connectivity index (χ0n) is 13.4. The van der Waals surface area contributed by atoms with Crippen LogP contribution < -0.4 is 5.73 Å². The van der Waals surface area contributed by atoms with Gasteiger partial charge in [0.25, 0.3) is 0 Å². The van der Waals surface area contributed by atoms with Crippen LogP contribution in [0.5, 0.6) is 0 Å². The molecule has 0 aliphatic heterocycles. The topological polar surface area (TPSA) is 26.0 Å². The summed E-state index contributed by atoms with van der Waals surface area (Å²) in [6.45, 7) is 13.1. The fourth-order valence-electron chi connectivity index (χ4n) is 3.71. The smallest absolute Gasteiger partial charge is 0.0704 e. The van der Waals surface area contributed by atoms with Crippen molar-refractivity contribution in [1.29, 1.82) is 0 Å². The maximum Gasteiger partial charge on any atom is 0.0704 e. The molecule has 0 spiro atoms. The van der Waals surface area contributed by atoms with Crippen molar-refractivity contribution in [2.75, 3.05) is 0 Å². The number of hydrogen-bond acceptors (Lipinski definition) is 1. The molecule has 0 aromatic carbocycles. The monoisotopic (exact) mass is 261 g/mol. The lowest BCUT2D eigenvalue weighted by Crippen LogP contribution is -2.24. The summed E-state index contributed by atoms with van der Waals surface area (Å²) in [4.78, 5) is 0. The Morgan fingerprint density at radius 2 is 1.79 bits per heavy atom. The van der Waals surface area contributed by atoms with Crippen LogP contribution in [-0.4, -0.2) is 13.9 Å². The van der Waals surface area contributed by atoms with E-state index in [1.54, 1.807) is 0 Å². The molecule has 0 aromatic heterocycles. The molecule has 2 aliphatic rings. The highest BCUT2D eigenvalue weighted by Crippen LogP contribution is 2.38. The second kappa shape index (κ2) is 7.52. The Bertz CT molecular complexity index is 289. The first kappa shape index (κ1) is 16.8. The highest BCUT2D eigenvalue weighted by atomic mass is 14.7. The fourth-order valence-corrected chi connectivity index (χ4v) is 3.71. The Kier molecular flexibility index (Phi) is 6.66. The summed E-state index contributed by atoms with van der Waals surface area (Å²) in [5.74, 6) is 3.61. The molecule has 0 heterocycles. The van der Waals surface area contributed by atoms with E-state index in [4.69, 9.17) is 13.6 Å². The molecule has 0 saturated heterocycles. The van der Waals surface area contributed by atoms with Crippen molar-refractivity contribution in [3.8, 4) is 0 Å². The summed E-state index contributed by atoms with van der Waals surface area (Å²) in [7, 11) is 5.73. The van der Waals surface area contributed by atoms with Crippen LogP contribution in [0.15, 0.2) is 12.2 Å². The predicted molar refractivity (Wildman–Crippen MR) is 86.4 cm³/mol. The molecule has 19 heavy (non-hydrogen) atoms. The lowest BCUT2D eigenvalue weighted by atomic mass is 9.85. The maximum absolute atomic E-state index is 5.93. The molecule has 0 bridgehead atoms. The van der Waals surface area contributed by atoms with E-state index in [-0.39, 0.29) is 0 Å². The number of hydrogen-bond donors (Lipinski definition) is 1. The van der Waals surface area contributed by atoms with Gasteiger partial charge in [-0.15, -0.1) is 0 Å². The van der Waals surface area contributed by atoms with Crippen molar-refractivity contribution in [2.45, 2.75) is 71.7 Å². The average molecular weight is 261 g/mol. The van der Waals surface area contributed by atoms with Gasteiger partial charge in [0.1, 0.15) is 0 Å². The SMILES string of the molecule is CC[C@H]1C[C@@H](N)C(C)C1C.[B][C@H]1CC(=C)[C@@H](CC)C1. The Labute approximate surface area is 121 Å². The van der Waals surface area contributed by atoms with Gasteiger partial charge in [-0.05, 0) is 42.9 Å². The third-order valence-corrected chi connectivity index (χ3v) is 5.53. The molecule has 2 rings (SSSR count). The Hall–Kier alpha value is -0.235. The Morgan fingerprint density at radius 1 is 1.16 bits per heavy atom.